The Hall–Kier alpha value is -1.43. The van der Waals surface area contributed by atoms with Crippen molar-refractivity contribution in [2.24, 2.45) is 11.8 Å². The van der Waals surface area contributed by atoms with Gasteiger partial charge in [-0.15, -0.1) is 11.3 Å². The van der Waals surface area contributed by atoms with Crippen molar-refractivity contribution in [3.63, 3.8) is 0 Å². The smallest absolute Gasteiger partial charge is 0.307 e. The predicted molar refractivity (Wildman–Crippen MR) is 66.2 cm³/mol. The fraction of sp³-hybridized carbons (Fsp3) is 0.545. The second-order valence-corrected chi connectivity index (χ2v) is 5.27. The fourth-order valence-electron chi connectivity index (χ4n) is 1.19. The molecule has 0 saturated heterocycles. The van der Waals surface area contributed by atoms with Gasteiger partial charge in [0.05, 0.1) is 11.6 Å². The van der Waals surface area contributed by atoms with Gasteiger partial charge in [0.2, 0.25) is 5.91 Å². The summed E-state index contributed by atoms with van der Waals surface area (Å²) in [6.45, 7) is 6.91. The van der Waals surface area contributed by atoms with Gasteiger partial charge in [-0.3, -0.25) is 9.59 Å². The highest BCUT2D eigenvalue weighted by molar-refractivity contribution is 7.15. The van der Waals surface area contributed by atoms with E-state index in [1.165, 1.54) is 18.3 Å². The molecule has 94 valence electrons. The van der Waals surface area contributed by atoms with Crippen LogP contribution in [-0.4, -0.2) is 22.0 Å². The molecule has 2 unspecified atom stereocenters. The summed E-state index contributed by atoms with van der Waals surface area (Å²) in [7, 11) is 0. The molecule has 1 amide bonds. The van der Waals surface area contributed by atoms with Gasteiger partial charge in [-0.25, -0.2) is 4.98 Å². The SMILES string of the molecule is Cc1nc(NC(=O)C(C)C(C)C(=O)O)sc1C. The Balaban J connectivity index is 2.69. The molecule has 0 spiro atoms. The molecule has 0 aliphatic carbocycles. The van der Waals surface area contributed by atoms with E-state index in [2.05, 4.69) is 10.3 Å². The molecule has 2 N–H and O–H groups in total. The first-order valence-corrected chi connectivity index (χ1v) is 6.12. The number of amides is 1. The number of hydrogen-bond donors (Lipinski definition) is 2. The Bertz CT molecular complexity index is 422. The van der Waals surface area contributed by atoms with Crippen molar-refractivity contribution in [2.75, 3.05) is 5.32 Å². The number of nitrogens with zero attached hydrogens (tertiary/aromatic N) is 1. The second-order valence-electron chi connectivity index (χ2n) is 4.07. The Labute approximate surface area is 104 Å². The number of anilines is 1. The summed E-state index contributed by atoms with van der Waals surface area (Å²) in [6, 6.07) is 0. The lowest BCUT2D eigenvalue weighted by Crippen LogP contribution is -2.29. The molecule has 1 aromatic rings. The van der Waals surface area contributed by atoms with Crippen molar-refractivity contribution in [1.82, 2.24) is 4.98 Å². The minimum Gasteiger partial charge on any atom is -0.481 e. The zero-order chi connectivity index (χ0) is 13.2. The van der Waals surface area contributed by atoms with Crippen LogP contribution >= 0.6 is 11.3 Å². The third-order valence-electron chi connectivity index (χ3n) is 2.81. The molecule has 17 heavy (non-hydrogen) atoms. The van der Waals surface area contributed by atoms with Gasteiger partial charge in [0.25, 0.3) is 0 Å². The zero-order valence-electron chi connectivity index (χ0n) is 10.3. The molecular weight excluding hydrogens is 240 g/mol. The van der Waals surface area contributed by atoms with E-state index in [-0.39, 0.29) is 5.91 Å². The number of thiazole rings is 1. The number of hydrogen-bond acceptors (Lipinski definition) is 4. The van der Waals surface area contributed by atoms with Crippen molar-refractivity contribution in [3.8, 4) is 0 Å². The normalized spacial score (nSPS) is 14.1. The summed E-state index contributed by atoms with van der Waals surface area (Å²) in [5, 5.41) is 12.0. The van der Waals surface area contributed by atoms with Crippen LogP contribution in [0.1, 0.15) is 24.4 Å². The van der Waals surface area contributed by atoms with E-state index >= 15 is 0 Å². The average molecular weight is 256 g/mol. The van der Waals surface area contributed by atoms with Gasteiger partial charge in [-0.05, 0) is 13.8 Å². The average Bonchev–Trinajstić information content (AvgIpc) is 2.55. The summed E-state index contributed by atoms with van der Waals surface area (Å²) < 4.78 is 0. The number of carbonyl (C=O) groups excluding carboxylic acids is 1. The van der Waals surface area contributed by atoms with Crippen LogP contribution in [0.25, 0.3) is 0 Å². The molecule has 5 nitrogen and oxygen atoms in total. The minimum atomic E-state index is -0.973. The Kier molecular flexibility index (Phi) is 4.22. The van der Waals surface area contributed by atoms with Gasteiger partial charge in [0.1, 0.15) is 0 Å². The third kappa shape index (κ3) is 3.26. The molecule has 1 aromatic heterocycles. The quantitative estimate of drug-likeness (QED) is 0.864. The molecule has 1 rings (SSSR count). The lowest BCUT2D eigenvalue weighted by molar-refractivity contribution is -0.145. The van der Waals surface area contributed by atoms with Gasteiger partial charge in [-0.1, -0.05) is 13.8 Å². The highest BCUT2D eigenvalue weighted by Gasteiger charge is 2.26. The van der Waals surface area contributed by atoms with E-state index in [4.69, 9.17) is 5.11 Å². The van der Waals surface area contributed by atoms with Crippen LogP contribution in [0.3, 0.4) is 0 Å². The van der Waals surface area contributed by atoms with Crippen molar-refractivity contribution in [3.05, 3.63) is 10.6 Å². The van der Waals surface area contributed by atoms with Gasteiger partial charge in [0, 0.05) is 10.8 Å². The molecule has 0 aromatic carbocycles. The van der Waals surface area contributed by atoms with Crippen LogP contribution in [0.5, 0.6) is 0 Å². The van der Waals surface area contributed by atoms with E-state index in [0.29, 0.717) is 5.13 Å². The molecular formula is C11H16N2O3S. The third-order valence-corrected chi connectivity index (χ3v) is 3.80. The van der Waals surface area contributed by atoms with Crippen molar-refractivity contribution in [2.45, 2.75) is 27.7 Å². The summed E-state index contributed by atoms with van der Waals surface area (Å²) in [4.78, 5) is 27.8. The standard InChI is InChI=1S/C11H16N2O3S/c1-5(6(2)10(15)16)9(14)13-11-12-7(3)8(4)17-11/h5-6H,1-4H3,(H,15,16)(H,12,13,14). The first-order valence-electron chi connectivity index (χ1n) is 5.30. The van der Waals surface area contributed by atoms with Crippen molar-refractivity contribution in [1.29, 1.82) is 0 Å². The number of nitrogens with one attached hydrogen (secondary N) is 1. The number of rotatable bonds is 4. The van der Waals surface area contributed by atoms with Crippen LogP contribution in [-0.2, 0) is 9.59 Å². The van der Waals surface area contributed by atoms with Gasteiger partial charge in [-0.2, -0.15) is 0 Å². The molecule has 2 atom stereocenters. The lowest BCUT2D eigenvalue weighted by Gasteiger charge is -2.14. The molecule has 0 fully saturated rings. The molecule has 6 heteroatoms. The maximum Gasteiger partial charge on any atom is 0.307 e. The Morgan fingerprint density at radius 1 is 1.29 bits per heavy atom. The monoisotopic (exact) mass is 256 g/mol. The zero-order valence-corrected chi connectivity index (χ0v) is 11.1. The largest absolute Gasteiger partial charge is 0.481 e. The maximum absolute atomic E-state index is 11.8. The Morgan fingerprint density at radius 2 is 1.88 bits per heavy atom. The fourth-order valence-corrected chi connectivity index (χ4v) is 2.00. The Morgan fingerprint density at radius 3 is 2.29 bits per heavy atom. The number of aryl methyl sites for hydroxylation is 2. The molecule has 0 bridgehead atoms. The number of aliphatic carboxylic acids is 1. The van der Waals surface area contributed by atoms with Crippen LogP contribution in [0.4, 0.5) is 5.13 Å². The molecule has 0 aliphatic heterocycles. The highest BCUT2D eigenvalue weighted by Crippen LogP contribution is 2.22. The minimum absolute atomic E-state index is 0.311. The lowest BCUT2D eigenvalue weighted by atomic mass is 9.95. The molecule has 0 saturated carbocycles. The second kappa shape index (κ2) is 5.27. The van der Waals surface area contributed by atoms with E-state index in [0.717, 1.165) is 10.6 Å². The van der Waals surface area contributed by atoms with Crippen LogP contribution in [0.2, 0.25) is 0 Å². The summed E-state index contributed by atoms with van der Waals surface area (Å²) in [5.41, 5.74) is 0.879. The first kappa shape index (κ1) is 13.6. The van der Waals surface area contributed by atoms with Gasteiger partial charge >= 0.3 is 5.97 Å². The highest BCUT2D eigenvalue weighted by atomic mass is 32.1. The van der Waals surface area contributed by atoms with E-state index < -0.39 is 17.8 Å². The van der Waals surface area contributed by atoms with Crippen molar-refractivity contribution >= 4 is 28.3 Å². The number of aromatic nitrogens is 1. The van der Waals surface area contributed by atoms with E-state index in [1.807, 2.05) is 13.8 Å². The van der Waals surface area contributed by atoms with Crippen LogP contribution < -0.4 is 5.32 Å². The van der Waals surface area contributed by atoms with Crippen LogP contribution in [0.15, 0.2) is 0 Å². The van der Waals surface area contributed by atoms with Gasteiger partial charge < -0.3 is 10.4 Å². The molecule has 0 aliphatic rings. The summed E-state index contributed by atoms with van der Waals surface area (Å²) in [6.07, 6.45) is 0. The topological polar surface area (TPSA) is 79.3 Å². The number of carboxylic acids is 1. The number of carbonyl (C=O) groups is 2. The maximum atomic E-state index is 11.8. The van der Waals surface area contributed by atoms with Crippen molar-refractivity contribution < 1.29 is 14.7 Å². The summed E-state index contributed by atoms with van der Waals surface area (Å²) in [5.74, 6) is -2.58. The van der Waals surface area contributed by atoms with Gasteiger partial charge in [0.15, 0.2) is 5.13 Å². The number of carboxylic acid groups (broad SMARTS) is 1. The summed E-state index contributed by atoms with van der Waals surface area (Å²) >= 11 is 1.39. The molecule has 0 radical (unpaired) electrons. The molecule has 1 heterocycles. The van der Waals surface area contributed by atoms with E-state index in [1.54, 1.807) is 6.92 Å². The van der Waals surface area contributed by atoms with Crippen LogP contribution in [0, 0.1) is 25.7 Å². The van der Waals surface area contributed by atoms with E-state index in [9.17, 15) is 9.59 Å². The predicted octanol–water partition coefficient (Wildman–Crippen LogP) is 2.06. The first-order chi connectivity index (χ1) is 7.82.